The van der Waals surface area contributed by atoms with Gasteiger partial charge < -0.3 is 19.6 Å². The zero-order valence-corrected chi connectivity index (χ0v) is 13.7. The van der Waals surface area contributed by atoms with Crippen LogP contribution in [0.15, 0.2) is 47.6 Å². The fraction of sp³-hybridized carbons (Fsp3) is 0.278. The number of nitrogens with one attached hydrogen (secondary N) is 1. The second-order valence-electron chi connectivity index (χ2n) is 4.79. The fourth-order valence-electron chi connectivity index (χ4n) is 2.10. The second kappa shape index (κ2) is 8.68. The summed E-state index contributed by atoms with van der Waals surface area (Å²) in [6, 6.07) is 13.6. The van der Waals surface area contributed by atoms with E-state index in [1.54, 1.807) is 20.4 Å². The Balaban J connectivity index is 1.92. The predicted octanol–water partition coefficient (Wildman–Crippen LogP) is 3.23. The maximum Gasteiger partial charge on any atom is 0.161 e. The van der Waals surface area contributed by atoms with Crippen molar-refractivity contribution in [3.63, 3.8) is 0 Å². The Hall–Kier alpha value is -2.69. The van der Waals surface area contributed by atoms with Crippen molar-refractivity contribution in [2.24, 2.45) is 5.10 Å². The minimum absolute atomic E-state index is 0.599. The number of nitrogens with zero attached hydrogens (tertiary/aromatic N) is 1. The van der Waals surface area contributed by atoms with E-state index in [0.717, 1.165) is 16.9 Å². The van der Waals surface area contributed by atoms with Crippen LogP contribution in [0.2, 0.25) is 0 Å². The van der Waals surface area contributed by atoms with Crippen LogP contribution in [0.1, 0.15) is 18.1 Å². The first kappa shape index (κ1) is 16.7. The summed E-state index contributed by atoms with van der Waals surface area (Å²) in [6.07, 6.45) is 1.77. The number of hydrogen-bond acceptors (Lipinski definition) is 5. The highest BCUT2D eigenvalue weighted by Crippen LogP contribution is 2.27. The Morgan fingerprint density at radius 2 is 1.87 bits per heavy atom. The summed E-state index contributed by atoms with van der Waals surface area (Å²) in [7, 11) is 3.25. The SMILES string of the molecule is CCOc1cccc(/C=N\NCc2ccc(OC)c(OC)c2)c1. The molecule has 122 valence electrons. The Bertz CT molecular complexity index is 656. The molecule has 0 amide bonds. The molecule has 1 N–H and O–H groups in total. The quantitative estimate of drug-likeness (QED) is 0.600. The van der Waals surface area contributed by atoms with E-state index in [2.05, 4.69) is 10.5 Å². The zero-order chi connectivity index (χ0) is 16.5. The monoisotopic (exact) mass is 314 g/mol. The number of benzene rings is 2. The standard InChI is InChI=1S/C18H22N2O3/c1-4-23-16-7-5-6-14(10-16)12-19-20-13-15-8-9-17(21-2)18(11-15)22-3/h5-12,20H,4,13H2,1-3H3/b19-12-. The first-order valence-corrected chi connectivity index (χ1v) is 7.46. The molecule has 2 aromatic carbocycles. The predicted molar refractivity (Wildman–Crippen MR) is 91.6 cm³/mol. The van der Waals surface area contributed by atoms with Crippen molar-refractivity contribution < 1.29 is 14.2 Å². The summed E-state index contributed by atoms with van der Waals surface area (Å²) in [5.74, 6) is 2.27. The molecule has 0 fully saturated rings. The van der Waals surface area contributed by atoms with Crippen molar-refractivity contribution in [2.45, 2.75) is 13.5 Å². The third-order valence-electron chi connectivity index (χ3n) is 3.21. The Kier molecular flexibility index (Phi) is 6.29. The van der Waals surface area contributed by atoms with Crippen LogP contribution >= 0.6 is 0 Å². The Labute approximate surface area is 136 Å². The molecule has 0 atom stereocenters. The molecule has 0 bridgehead atoms. The highest BCUT2D eigenvalue weighted by Gasteiger charge is 2.03. The van der Waals surface area contributed by atoms with E-state index in [1.807, 2.05) is 49.4 Å². The van der Waals surface area contributed by atoms with Gasteiger partial charge in [0, 0.05) is 0 Å². The van der Waals surface area contributed by atoms with Gasteiger partial charge in [-0.1, -0.05) is 18.2 Å². The lowest BCUT2D eigenvalue weighted by molar-refractivity contribution is 0.340. The van der Waals surface area contributed by atoms with Crippen LogP contribution in [-0.4, -0.2) is 27.0 Å². The summed E-state index contributed by atoms with van der Waals surface area (Å²) in [6.45, 7) is 3.21. The number of hydrazone groups is 1. The van der Waals surface area contributed by atoms with Gasteiger partial charge in [-0.3, -0.25) is 0 Å². The van der Waals surface area contributed by atoms with Crippen molar-refractivity contribution in [3.8, 4) is 17.2 Å². The van der Waals surface area contributed by atoms with Gasteiger partial charge in [-0.25, -0.2) is 0 Å². The molecule has 0 heterocycles. The summed E-state index contributed by atoms with van der Waals surface area (Å²) < 4.78 is 16.0. The van der Waals surface area contributed by atoms with E-state index in [1.165, 1.54) is 0 Å². The van der Waals surface area contributed by atoms with Crippen molar-refractivity contribution in [3.05, 3.63) is 53.6 Å². The van der Waals surface area contributed by atoms with Crippen molar-refractivity contribution in [2.75, 3.05) is 20.8 Å². The van der Waals surface area contributed by atoms with Gasteiger partial charge in [0.2, 0.25) is 0 Å². The van der Waals surface area contributed by atoms with Crippen LogP contribution in [0.3, 0.4) is 0 Å². The normalized spacial score (nSPS) is 10.6. The number of ether oxygens (including phenoxy) is 3. The molecule has 5 heteroatoms. The molecule has 0 aliphatic carbocycles. The molecule has 0 saturated carbocycles. The molecule has 2 rings (SSSR count). The Morgan fingerprint density at radius 1 is 1.04 bits per heavy atom. The fourth-order valence-corrected chi connectivity index (χ4v) is 2.10. The smallest absolute Gasteiger partial charge is 0.161 e. The highest BCUT2D eigenvalue weighted by atomic mass is 16.5. The average Bonchev–Trinajstić information content (AvgIpc) is 2.59. The average molecular weight is 314 g/mol. The molecule has 5 nitrogen and oxygen atoms in total. The van der Waals surface area contributed by atoms with Gasteiger partial charge in [-0.2, -0.15) is 5.10 Å². The van der Waals surface area contributed by atoms with Crippen LogP contribution in [0, 0.1) is 0 Å². The van der Waals surface area contributed by atoms with Crippen LogP contribution in [0.5, 0.6) is 17.2 Å². The lowest BCUT2D eigenvalue weighted by atomic mass is 10.2. The number of hydrogen-bond donors (Lipinski definition) is 1. The topological polar surface area (TPSA) is 52.1 Å². The first-order valence-electron chi connectivity index (χ1n) is 7.46. The number of rotatable bonds is 8. The minimum Gasteiger partial charge on any atom is -0.494 e. The van der Waals surface area contributed by atoms with E-state index in [4.69, 9.17) is 14.2 Å². The summed E-state index contributed by atoms with van der Waals surface area (Å²) in [5.41, 5.74) is 5.06. The molecular weight excluding hydrogens is 292 g/mol. The van der Waals surface area contributed by atoms with Crippen molar-refractivity contribution in [1.82, 2.24) is 5.43 Å². The Morgan fingerprint density at radius 3 is 2.61 bits per heavy atom. The molecule has 0 aliphatic rings. The first-order chi connectivity index (χ1) is 11.3. The van der Waals surface area contributed by atoms with E-state index < -0.39 is 0 Å². The van der Waals surface area contributed by atoms with Crippen molar-refractivity contribution >= 4 is 6.21 Å². The van der Waals surface area contributed by atoms with Crippen LogP contribution in [0.25, 0.3) is 0 Å². The van der Waals surface area contributed by atoms with Gasteiger partial charge >= 0.3 is 0 Å². The van der Waals surface area contributed by atoms with Gasteiger partial charge in [0.15, 0.2) is 11.5 Å². The summed E-state index contributed by atoms with van der Waals surface area (Å²) in [4.78, 5) is 0. The van der Waals surface area contributed by atoms with Crippen LogP contribution < -0.4 is 19.6 Å². The molecule has 0 spiro atoms. The molecule has 23 heavy (non-hydrogen) atoms. The maximum absolute atomic E-state index is 5.46. The molecule has 0 radical (unpaired) electrons. The second-order valence-corrected chi connectivity index (χ2v) is 4.79. The summed E-state index contributed by atoms with van der Waals surface area (Å²) >= 11 is 0. The lowest BCUT2D eigenvalue weighted by Gasteiger charge is -2.09. The van der Waals surface area contributed by atoms with E-state index in [9.17, 15) is 0 Å². The maximum atomic E-state index is 5.46. The van der Waals surface area contributed by atoms with E-state index >= 15 is 0 Å². The van der Waals surface area contributed by atoms with Gasteiger partial charge in [0.1, 0.15) is 5.75 Å². The van der Waals surface area contributed by atoms with Gasteiger partial charge in [0.25, 0.3) is 0 Å². The zero-order valence-electron chi connectivity index (χ0n) is 13.7. The van der Waals surface area contributed by atoms with Crippen molar-refractivity contribution in [1.29, 1.82) is 0 Å². The summed E-state index contributed by atoms with van der Waals surface area (Å²) in [5, 5.41) is 4.23. The molecule has 0 aliphatic heterocycles. The molecule has 0 saturated heterocycles. The molecule has 0 unspecified atom stereocenters. The number of methoxy groups -OCH3 is 2. The van der Waals surface area contributed by atoms with Gasteiger partial charge in [0.05, 0.1) is 33.6 Å². The van der Waals surface area contributed by atoms with Crippen LogP contribution in [0.4, 0.5) is 0 Å². The van der Waals surface area contributed by atoms with E-state index in [0.29, 0.717) is 24.7 Å². The highest BCUT2D eigenvalue weighted by molar-refractivity contribution is 5.79. The minimum atomic E-state index is 0.599. The molecule has 2 aromatic rings. The molecular formula is C18H22N2O3. The largest absolute Gasteiger partial charge is 0.494 e. The molecule has 0 aromatic heterocycles. The van der Waals surface area contributed by atoms with E-state index in [-0.39, 0.29) is 0 Å². The third-order valence-corrected chi connectivity index (χ3v) is 3.21. The third kappa shape index (κ3) is 4.92. The lowest BCUT2D eigenvalue weighted by Crippen LogP contribution is -2.06. The van der Waals surface area contributed by atoms with Gasteiger partial charge in [-0.15, -0.1) is 0 Å². The van der Waals surface area contributed by atoms with Gasteiger partial charge in [-0.05, 0) is 42.3 Å². The van der Waals surface area contributed by atoms with Crippen LogP contribution in [-0.2, 0) is 6.54 Å².